The van der Waals surface area contributed by atoms with Gasteiger partial charge in [-0.05, 0) is 30.3 Å². The zero-order valence-corrected chi connectivity index (χ0v) is 9.75. The normalized spacial score (nSPS) is 30.5. The van der Waals surface area contributed by atoms with Gasteiger partial charge in [-0.15, -0.1) is 0 Å². The molecule has 0 radical (unpaired) electrons. The largest absolute Gasteiger partial charge is 0.480 e. The predicted octanol–water partition coefficient (Wildman–Crippen LogP) is 2.33. The maximum atomic E-state index is 10.5. The van der Waals surface area contributed by atoms with Crippen molar-refractivity contribution in [3.8, 4) is 5.88 Å². The van der Waals surface area contributed by atoms with Crippen LogP contribution in [0.25, 0.3) is 0 Å². The van der Waals surface area contributed by atoms with Crippen molar-refractivity contribution in [1.82, 2.24) is 4.37 Å². The molecule has 4 heteroatoms. The summed E-state index contributed by atoms with van der Waals surface area (Å²) in [6, 6.07) is 0. The lowest BCUT2D eigenvalue weighted by atomic mass is 9.82. The number of hydrogen-bond acceptors (Lipinski definition) is 4. The molecule has 0 spiro atoms. The fraction of sp³-hybridized carbons (Fsp3) is 0.545. The first-order chi connectivity index (χ1) is 7.15. The molecular formula is C11H15NO2S. The third kappa shape index (κ3) is 1.92. The van der Waals surface area contributed by atoms with Gasteiger partial charge in [0.05, 0.1) is 12.7 Å². The van der Waals surface area contributed by atoms with Crippen molar-refractivity contribution in [2.75, 3.05) is 7.11 Å². The minimum atomic E-state index is -0.884. The molecule has 1 N–H and O–H groups in total. The summed E-state index contributed by atoms with van der Waals surface area (Å²) in [6.45, 7) is 2.15. The molecule has 2 unspecified atom stereocenters. The minimum Gasteiger partial charge on any atom is -0.480 e. The van der Waals surface area contributed by atoms with Crippen LogP contribution in [0.1, 0.15) is 25.3 Å². The van der Waals surface area contributed by atoms with Crippen LogP contribution in [0.4, 0.5) is 0 Å². The molecule has 0 amide bonds. The summed E-state index contributed by atoms with van der Waals surface area (Å²) in [5, 5.41) is 12.3. The van der Waals surface area contributed by atoms with Gasteiger partial charge in [0.15, 0.2) is 0 Å². The molecule has 0 saturated heterocycles. The van der Waals surface area contributed by atoms with E-state index < -0.39 is 5.60 Å². The van der Waals surface area contributed by atoms with E-state index in [0.29, 0.717) is 11.8 Å². The summed E-state index contributed by atoms with van der Waals surface area (Å²) in [5.41, 5.74) is -0.0941. The van der Waals surface area contributed by atoms with E-state index in [0.717, 1.165) is 18.4 Å². The third-order valence-corrected chi connectivity index (χ3v) is 3.49. The average molecular weight is 225 g/mol. The molecule has 3 nitrogen and oxygen atoms in total. The predicted molar refractivity (Wildman–Crippen MR) is 60.1 cm³/mol. The summed E-state index contributed by atoms with van der Waals surface area (Å²) < 4.78 is 9.24. The lowest BCUT2D eigenvalue weighted by molar-refractivity contribution is 0.0648. The topological polar surface area (TPSA) is 42.4 Å². The van der Waals surface area contributed by atoms with E-state index in [1.54, 1.807) is 7.11 Å². The van der Waals surface area contributed by atoms with Crippen LogP contribution < -0.4 is 4.74 Å². The Labute approximate surface area is 93.6 Å². The van der Waals surface area contributed by atoms with Gasteiger partial charge in [-0.3, -0.25) is 0 Å². The number of aliphatic hydroxyl groups is 1. The van der Waals surface area contributed by atoms with Crippen LogP contribution in [0.15, 0.2) is 17.5 Å². The summed E-state index contributed by atoms with van der Waals surface area (Å²) in [4.78, 5) is 0. The van der Waals surface area contributed by atoms with Gasteiger partial charge in [-0.1, -0.05) is 19.1 Å². The van der Waals surface area contributed by atoms with Crippen LogP contribution in [0.2, 0.25) is 0 Å². The van der Waals surface area contributed by atoms with E-state index in [9.17, 15) is 5.11 Å². The van der Waals surface area contributed by atoms with Crippen molar-refractivity contribution < 1.29 is 9.84 Å². The van der Waals surface area contributed by atoms with Crippen LogP contribution in [0.3, 0.4) is 0 Å². The Hall–Kier alpha value is -0.870. The number of nitrogens with zero attached hydrogens (tertiary/aromatic N) is 1. The molecule has 1 aliphatic carbocycles. The van der Waals surface area contributed by atoms with Gasteiger partial charge in [-0.2, -0.15) is 4.37 Å². The van der Waals surface area contributed by atoms with Crippen LogP contribution in [-0.2, 0) is 5.60 Å². The zero-order chi connectivity index (χ0) is 10.9. The van der Waals surface area contributed by atoms with E-state index >= 15 is 0 Å². The number of methoxy groups -OCH3 is 1. The monoisotopic (exact) mass is 225 g/mol. The fourth-order valence-electron chi connectivity index (χ4n) is 1.84. The molecule has 0 aromatic carbocycles. The Morgan fingerprint density at radius 3 is 3.07 bits per heavy atom. The van der Waals surface area contributed by atoms with Crippen molar-refractivity contribution in [3.63, 3.8) is 0 Å². The molecule has 0 fully saturated rings. The van der Waals surface area contributed by atoms with Gasteiger partial charge in [0.1, 0.15) is 5.60 Å². The van der Waals surface area contributed by atoms with Gasteiger partial charge in [0.2, 0.25) is 5.88 Å². The van der Waals surface area contributed by atoms with Gasteiger partial charge in [0.25, 0.3) is 0 Å². The van der Waals surface area contributed by atoms with Crippen LogP contribution in [0, 0.1) is 5.92 Å². The van der Waals surface area contributed by atoms with Gasteiger partial charge < -0.3 is 9.84 Å². The van der Waals surface area contributed by atoms with Crippen LogP contribution in [0.5, 0.6) is 5.88 Å². The van der Waals surface area contributed by atoms with Crippen molar-refractivity contribution in [2.45, 2.75) is 25.4 Å². The number of allylic oxidation sites excluding steroid dienone is 1. The maximum Gasteiger partial charge on any atom is 0.231 e. The number of ether oxygens (including phenoxy) is 1. The standard InChI is InChI=1S/C11H15NO2S/c1-8-3-5-11(13,6-4-8)9-7-15-12-10(9)14-2/h3,5,7-8,13H,4,6H2,1-2H3. The second-order valence-electron chi connectivity index (χ2n) is 4.04. The van der Waals surface area contributed by atoms with Gasteiger partial charge in [0, 0.05) is 5.38 Å². The first-order valence-corrected chi connectivity index (χ1v) is 5.90. The van der Waals surface area contributed by atoms with Crippen molar-refractivity contribution in [2.24, 2.45) is 5.92 Å². The lowest BCUT2D eigenvalue weighted by Gasteiger charge is -2.29. The Balaban J connectivity index is 2.33. The highest BCUT2D eigenvalue weighted by atomic mass is 32.1. The minimum absolute atomic E-state index is 0.543. The number of aromatic nitrogens is 1. The lowest BCUT2D eigenvalue weighted by Crippen LogP contribution is -2.26. The number of hydrogen-bond donors (Lipinski definition) is 1. The van der Waals surface area contributed by atoms with E-state index in [1.807, 2.05) is 11.5 Å². The Morgan fingerprint density at radius 2 is 2.47 bits per heavy atom. The van der Waals surface area contributed by atoms with Crippen molar-refractivity contribution in [3.05, 3.63) is 23.1 Å². The van der Waals surface area contributed by atoms with Gasteiger partial charge in [-0.25, -0.2) is 0 Å². The molecule has 0 aliphatic heterocycles. The first-order valence-electron chi connectivity index (χ1n) is 5.06. The second kappa shape index (κ2) is 3.94. The highest BCUT2D eigenvalue weighted by Gasteiger charge is 2.33. The quantitative estimate of drug-likeness (QED) is 0.785. The summed E-state index contributed by atoms with van der Waals surface area (Å²) >= 11 is 1.31. The third-order valence-electron chi connectivity index (χ3n) is 2.88. The van der Waals surface area contributed by atoms with Crippen LogP contribution >= 0.6 is 11.5 Å². The molecule has 82 valence electrons. The fourth-order valence-corrected chi connectivity index (χ4v) is 2.57. The molecule has 0 saturated carbocycles. The van der Waals surface area contributed by atoms with Crippen molar-refractivity contribution >= 4 is 11.5 Å². The maximum absolute atomic E-state index is 10.5. The molecular weight excluding hydrogens is 210 g/mol. The molecule has 1 aromatic heterocycles. The van der Waals surface area contributed by atoms with E-state index in [2.05, 4.69) is 17.4 Å². The molecule has 15 heavy (non-hydrogen) atoms. The van der Waals surface area contributed by atoms with E-state index in [4.69, 9.17) is 4.74 Å². The molecule has 1 aliphatic rings. The highest BCUT2D eigenvalue weighted by molar-refractivity contribution is 7.03. The summed E-state index contributed by atoms with van der Waals surface area (Å²) in [7, 11) is 1.58. The number of rotatable bonds is 2. The molecule has 1 aromatic rings. The van der Waals surface area contributed by atoms with E-state index in [-0.39, 0.29) is 0 Å². The van der Waals surface area contributed by atoms with Gasteiger partial charge >= 0.3 is 0 Å². The molecule has 1 heterocycles. The summed E-state index contributed by atoms with van der Waals surface area (Å²) in [6.07, 6.45) is 5.65. The summed E-state index contributed by atoms with van der Waals surface area (Å²) in [5.74, 6) is 1.09. The highest BCUT2D eigenvalue weighted by Crippen LogP contribution is 2.39. The van der Waals surface area contributed by atoms with Crippen molar-refractivity contribution in [1.29, 1.82) is 0 Å². The Bertz CT molecular complexity index is 374. The van der Waals surface area contributed by atoms with E-state index in [1.165, 1.54) is 11.5 Å². The first kappa shape index (κ1) is 10.6. The zero-order valence-electron chi connectivity index (χ0n) is 8.93. The molecule has 2 atom stereocenters. The molecule has 0 bridgehead atoms. The second-order valence-corrected chi connectivity index (χ2v) is 4.67. The average Bonchev–Trinajstić information content (AvgIpc) is 2.71. The SMILES string of the molecule is COc1nscc1C1(O)C=CC(C)CC1. The smallest absolute Gasteiger partial charge is 0.231 e. The Morgan fingerprint density at radius 1 is 1.67 bits per heavy atom. The Kier molecular flexibility index (Phi) is 2.80. The van der Waals surface area contributed by atoms with Crippen LogP contribution in [-0.4, -0.2) is 16.6 Å². The molecule has 2 rings (SSSR count).